The van der Waals surface area contributed by atoms with Gasteiger partial charge in [-0.15, -0.1) is 11.8 Å². The maximum absolute atomic E-state index is 14.0. The Balaban J connectivity index is 1.46. The highest BCUT2D eigenvalue weighted by atomic mass is 32.2. The van der Waals surface area contributed by atoms with Gasteiger partial charge in [-0.1, -0.05) is 30.3 Å². The second-order valence-electron chi connectivity index (χ2n) is 6.45. The van der Waals surface area contributed by atoms with Crippen LogP contribution in [0.3, 0.4) is 0 Å². The molecule has 2 aliphatic rings. The van der Waals surface area contributed by atoms with Crippen LogP contribution in [0.15, 0.2) is 42.5 Å². The van der Waals surface area contributed by atoms with Gasteiger partial charge >= 0.3 is 5.97 Å². The van der Waals surface area contributed by atoms with Crippen molar-refractivity contribution < 1.29 is 28.2 Å². The summed E-state index contributed by atoms with van der Waals surface area (Å²) in [5, 5.41) is 0. The van der Waals surface area contributed by atoms with Crippen LogP contribution in [-0.2, 0) is 32.3 Å². The molecule has 0 saturated carbocycles. The zero-order chi connectivity index (χ0) is 19.5. The van der Waals surface area contributed by atoms with Gasteiger partial charge < -0.3 is 19.1 Å². The smallest absolute Gasteiger partial charge is 0.326 e. The van der Waals surface area contributed by atoms with Crippen molar-refractivity contribution in [1.82, 2.24) is 4.90 Å². The molecule has 0 aromatic heterocycles. The van der Waals surface area contributed by atoms with Gasteiger partial charge in [-0.2, -0.15) is 0 Å². The molecule has 2 aliphatic heterocycles. The van der Waals surface area contributed by atoms with Crippen LogP contribution < -0.4 is 4.74 Å². The number of nitrogens with zero attached hydrogens (tertiary/aromatic N) is 1. The van der Waals surface area contributed by atoms with E-state index in [0.717, 1.165) is 5.56 Å². The Hall–Kier alpha value is -2.58. The van der Waals surface area contributed by atoms with Crippen LogP contribution in [0.4, 0.5) is 4.39 Å². The molecule has 0 radical (unpaired) electrons. The molecule has 0 unspecified atom stereocenters. The molecule has 1 saturated heterocycles. The fourth-order valence-electron chi connectivity index (χ4n) is 3.06. The summed E-state index contributed by atoms with van der Waals surface area (Å²) >= 11 is 1.45. The third-order valence-corrected chi connectivity index (χ3v) is 5.37. The van der Waals surface area contributed by atoms with Gasteiger partial charge in [0.25, 0.3) is 0 Å². The van der Waals surface area contributed by atoms with Gasteiger partial charge in [-0.05, 0) is 12.1 Å². The van der Waals surface area contributed by atoms with Gasteiger partial charge in [0.2, 0.25) is 12.2 Å². The zero-order valence-corrected chi connectivity index (χ0v) is 15.7. The Morgan fingerprint density at radius 2 is 2.11 bits per heavy atom. The van der Waals surface area contributed by atoms with Crippen molar-refractivity contribution in [2.24, 2.45) is 0 Å². The minimum absolute atomic E-state index is 0.0868. The van der Waals surface area contributed by atoms with E-state index < -0.39 is 18.1 Å². The second kappa shape index (κ2) is 8.20. The van der Waals surface area contributed by atoms with E-state index in [9.17, 15) is 14.0 Å². The third kappa shape index (κ3) is 4.13. The highest BCUT2D eigenvalue weighted by Crippen LogP contribution is 2.36. The number of rotatable bonds is 5. The summed E-state index contributed by atoms with van der Waals surface area (Å²) in [6, 6.07) is 12.0. The number of hydrogen-bond donors (Lipinski definition) is 0. The molecule has 4 rings (SSSR count). The standard InChI is InChI=1S/C20H18FNO5S/c21-16-6-14(9-25-18(24)8-22-12-28-11-17(22)23)19-15(7-16)10-26-20(27-19)13-4-2-1-3-5-13/h1-7,20H,8-12H2/t20-/m1/s1. The summed E-state index contributed by atoms with van der Waals surface area (Å²) in [4.78, 5) is 25.1. The molecule has 0 bridgehead atoms. The third-order valence-electron chi connectivity index (χ3n) is 4.43. The van der Waals surface area contributed by atoms with E-state index in [4.69, 9.17) is 14.2 Å². The molecule has 8 heteroatoms. The molecular weight excluding hydrogens is 385 g/mol. The predicted molar refractivity (Wildman–Crippen MR) is 99.8 cm³/mol. The van der Waals surface area contributed by atoms with Gasteiger partial charge in [0.05, 0.1) is 18.2 Å². The summed E-state index contributed by atoms with van der Waals surface area (Å²) in [7, 11) is 0. The monoisotopic (exact) mass is 403 g/mol. The molecule has 1 amide bonds. The number of carbonyl (C=O) groups is 2. The van der Waals surface area contributed by atoms with E-state index in [-0.39, 0.29) is 25.7 Å². The molecule has 2 aromatic rings. The Morgan fingerprint density at radius 1 is 1.29 bits per heavy atom. The number of ether oxygens (including phenoxy) is 3. The molecule has 0 spiro atoms. The number of halogens is 1. The second-order valence-corrected chi connectivity index (χ2v) is 7.41. The summed E-state index contributed by atoms with van der Waals surface area (Å²) in [5.74, 6) is 0.224. The molecular formula is C20H18FNO5S. The summed E-state index contributed by atoms with van der Waals surface area (Å²) in [6.45, 7) is -0.0668. The largest absolute Gasteiger partial charge is 0.460 e. The zero-order valence-electron chi connectivity index (χ0n) is 14.9. The highest BCUT2D eigenvalue weighted by Gasteiger charge is 2.27. The Kier molecular flexibility index (Phi) is 5.50. The topological polar surface area (TPSA) is 65.1 Å². The molecule has 2 aromatic carbocycles. The molecule has 6 nitrogen and oxygen atoms in total. The Labute approximate surface area is 165 Å². The Bertz CT molecular complexity index is 892. The molecule has 0 aliphatic carbocycles. The lowest BCUT2D eigenvalue weighted by Crippen LogP contribution is -2.32. The molecule has 2 heterocycles. The summed E-state index contributed by atoms with van der Waals surface area (Å²) in [5.41, 5.74) is 1.82. The van der Waals surface area contributed by atoms with Crippen LogP contribution in [0.5, 0.6) is 5.75 Å². The Morgan fingerprint density at radius 3 is 2.86 bits per heavy atom. The van der Waals surface area contributed by atoms with Crippen LogP contribution in [0, 0.1) is 5.82 Å². The number of amides is 1. The van der Waals surface area contributed by atoms with Crippen LogP contribution in [0.1, 0.15) is 23.0 Å². The number of hydrogen-bond acceptors (Lipinski definition) is 6. The maximum Gasteiger partial charge on any atom is 0.326 e. The SMILES string of the molecule is O=C(CN1CSCC1=O)OCc1cc(F)cc2c1O[C@H](c1ccccc1)OC2. The number of fused-ring (bicyclic) bond motifs is 1. The fourth-order valence-corrected chi connectivity index (χ4v) is 3.96. The van der Waals surface area contributed by atoms with Gasteiger partial charge in [-0.3, -0.25) is 9.59 Å². The van der Waals surface area contributed by atoms with Crippen molar-refractivity contribution >= 4 is 23.6 Å². The van der Waals surface area contributed by atoms with E-state index in [1.165, 1.54) is 28.8 Å². The average molecular weight is 403 g/mol. The van der Waals surface area contributed by atoms with Crippen molar-refractivity contribution in [3.8, 4) is 5.75 Å². The van der Waals surface area contributed by atoms with E-state index in [0.29, 0.717) is 28.5 Å². The first kappa shape index (κ1) is 18.8. The molecule has 146 valence electrons. The highest BCUT2D eigenvalue weighted by molar-refractivity contribution is 8.00. The van der Waals surface area contributed by atoms with E-state index in [1.54, 1.807) is 0 Å². The normalized spacial score (nSPS) is 18.5. The quantitative estimate of drug-likeness (QED) is 0.715. The number of carbonyl (C=O) groups excluding carboxylic acids is 2. The van der Waals surface area contributed by atoms with Crippen LogP contribution in [0.2, 0.25) is 0 Å². The van der Waals surface area contributed by atoms with Crippen molar-refractivity contribution in [3.63, 3.8) is 0 Å². The van der Waals surface area contributed by atoms with Crippen LogP contribution in [-0.4, -0.2) is 35.0 Å². The summed E-state index contributed by atoms with van der Waals surface area (Å²) < 4.78 is 30.9. The summed E-state index contributed by atoms with van der Waals surface area (Å²) in [6.07, 6.45) is -0.618. The molecule has 0 N–H and O–H groups in total. The first-order valence-electron chi connectivity index (χ1n) is 8.76. The van der Waals surface area contributed by atoms with Gasteiger partial charge in [-0.25, -0.2) is 4.39 Å². The van der Waals surface area contributed by atoms with Gasteiger partial charge in [0.15, 0.2) is 0 Å². The average Bonchev–Trinajstić information content (AvgIpc) is 3.11. The molecule has 28 heavy (non-hydrogen) atoms. The van der Waals surface area contributed by atoms with Gasteiger partial charge in [0, 0.05) is 16.7 Å². The number of esters is 1. The lowest BCUT2D eigenvalue weighted by atomic mass is 10.1. The van der Waals surface area contributed by atoms with Crippen molar-refractivity contribution in [1.29, 1.82) is 0 Å². The number of benzene rings is 2. The molecule has 1 atom stereocenters. The minimum atomic E-state index is -0.618. The van der Waals surface area contributed by atoms with Gasteiger partial charge in [0.1, 0.15) is 24.7 Å². The van der Waals surface area contributed by atoms with Crippen molar-refractivity contribution in [3.05, 3.63) is 65.0 Å². The van der Waals surface area contributed by atoms with E-state index >= 15 is 0 Å². The van der Waals surface area contributed by atoms with Crippen molar-refractivity contribution in [2.45, 2.75) is 19.5 Å². The first-order chi connectivity index (χ1) is 13.6. The van der Waals surface area contributed by atoms with E-state index in [2.05, 4.69) is 0 Å². The molecule has 1 fully saturated rings. The van der Waals surface area contributed by atoms with Crippen LogP contribution in [0.25, 0.3) is 0 Å². The van der Waals surface area contributed by atoms with Crippen molar-refractivity contribution in [2.75, 3.05) is 18.2 Å². The lowest BCUT2D eigenvalue weighted by Gasteiger charge is -2.28. The minimum Gasteiger partial charge on any atom is -0.460 e. The maximum atomic E-state index is 14.0. The number of thioether (sulfide) groups is 1. The van der Waals surface area contributed by atoms with Crippen LogP contribution >= 0.6 is 11.8 Å². The first-order valence-corrected chi connectivity index (χ1v) is 9.91. The lowest BCUT2D eigenvalue weighted by molar-refractivity contribution is -0.149. The van der Waals surface area contributed by atoms with E-state index in [1.807, 2.05) is 30.3 Å². The predicted octanol–water partition coefficient (Wildman–Crippen LogP) is 3.01. The fraction of sp³-hybridized carbons (Fsp3) is 0.300.